The Labute approximate surface area is 154 Å². The lowest BCUT2D eigenvalue weighted by Gasteiger charge is -2.28. The summed E-state index contributed by atoms with van der Waals surface area (Å²) >= 11 is 5.91. The van der Waals surface area contributed by atoms with E-state index < -0.39 is 6.04 Å². The maximum atomic E-state index is 13.1. The van der Waals surface area contributed by atoms with Crippen molar-refractivity contribution in [3.05, 3.63) is 77.0 Å². The van der Waals surface area contributed by atoms with Crippen molar-refractivity contribution in [1.82, 2.24) is 19.7 Å². The van der Waals surface area contributed by atoms with Crippen LogP contribution in [0.2, 0.25) is 5.02 Å². The Hall–Kier alpha value is -3.19. The molecule has 0 saturated heterocycles. The Balaban J connectivity index is 1.74. The molecule has 1 unspecified atom stereocenters. The Morgan fingerprint density at radius 2 is 1.92 bits per heavy atom. The van der Waals surface area contributed by atoms with Gasteiger partial charge in [-0.3, -0.25) is 9.78 Å². The summed E-state index contributed by atoms with van der Waals surface area (Å²) in [7, 11) is 0. The maximum absolute atomic E-state index is 13.1. The van der Waals surface area contributed by atoms with Crippen LogP contribution in [-0.4, -0.2) is 25.7 Å². The number of carbonyl (C=O) groups excluding carboxylic acids is 1. The van der Waals surface area contributed by atoms with E-state index >= 15 is 0 Å². The molecule has 3 heterocycles. The van der Waals surface area contributed by atoms with Crippen molar-refractivity contribution in [1.29, 1.82) is 0 Å². The largest absolute Gasteiger partial charge is 0.328 e. The van der Waals surface area contributed by atoms with Gasteiger partial charge in [0.05, 0.1) is 5.57 Å². The minimum absolute atomic E-state index is 0.222. The zero-order valence-corrected chi connectivity index (χ0v) is 14.6. The molecule has 8 heteroatoms. The second-order valence-electron chi connectivity index (χ2n) is 5.84. The van der Waals surface area contributed by atoms with E-state index in [4.69, 9.17) is 11.6 Å². The predicted octanol–water partition coefficient (Wildman–Crippen LogP) is 3.25. The second kappa shape index (κ2) is 6.61. The van der Waals surface area contributed by atoms with Crippen molar-refractivity contribution in [2.24, 2.45) is 0 Å². The standard InChI is InChI=1S/C18H15ClN6O/c1-11-15(17(26)24-14-4-2-13(19)3-5-14)16(12-6-8-20-9-7-12)25-18(23-11)21-10-22-25/h2-10,16H,1H3,(H,24,26)(H,21,22,23). The Kier molecular flexibility index (Phi) is 4.14. The number of pyridine rings is 1. The molecule has 130 valence electrons. The van der Waals surface area contributed by atoms with Crippen LogP contribution in [0.15, 0.2) is 66.4 Å². The third-order valence-electron chi connectivity index (χ3n) is 4.16. The fourth-order valence-electron chi connectivity index (χ4n) is 2.97. The molecule has 7 nitrogen and oxygen atoms in total. The highest BCUT2D eigenvalue weighted by atomic mass is 35.5. The molecule has 0 saturated carbocycles. The van der Waals surface area contributed by atoms with Gasteiger partial charge in [0.25, 0.3) is 5.91 Å². The molecule has 1 amide bonds. The number of hydrogen-bond acceptors (Lipinski definition) is 5. The summed E-state index contributed by atoms with van der Waals surface area (Å²) in [5.41, 5.74) is 2.84. The Morgan fingerprint density at radius 3 is 2.65 bits per heavy atom. The average Bonchev–Trinajstić information content (AvgIpc) is 3.11. The number of nitrogens with zero attached hydrogens (tertiary/aromatic N) is 4. The molecule has 1 atom stereocenters. The van der Waals surface area contributed by atoms with Gasteiger partial charge in [0.2, 0.25) is 5.95 Å². The summed E-state index contributed by atoms with van der Waals surface area (Å²) in [5, 5.41) is 11.0. The third-order valence-corrected chi connectivity index (χ3v) is 4.41. The number of benzene rings is 1. The number of fused-ring (bicyclic) bond motifs is 1. The monoisotopic (exact) mass is 366 g/mol. The zero-order valence-electron chi connectivity index (χ0n) is 13.8. The molecule has 0 aliphatic carbocycles. The molecule has 0 bridgehead atoms. The molecule has 0 fully saturated rings. The van der Waals surface area contributed by atoms with Crippen LogP contribution in [-0.2, 0) is 4.79 Å². The third kappa shape index (κ3) is 2.93. The number of anilines is 2. The van der Waals surface area contributed by atoms with Crippen molar-refractivity contribution in [2.75, 3.05) is 10.6 Å². The summed E-state index contributed by atoms with van der Waals surface area (Å²) in [6.07, 6.45) is 4.85. The number of hydrogen-bond donors (Lipinski definition) is 2. The van der Waals surface area contributed by atoms with Crippen LogP contribution in [0.5, 0.6) is 0 Å². The number of halogens is 1. The molecule has 0 radical (unpaired) electrons. The van der Waals surface area contributed by atoms with Crippen LogP contribution in [0.25, 0.3) is 0 Å². The number of amides is 1. The summed E-state index contributed by atoms with van der Waals surface area (Å²) in [6.45, 7) is 1.85. The Morgan fingerprint density at radius 1 is 1.19 bits per heavy atom. The van der Waals surface area contributed by atoms with Gasteiger partial charge in [0.1, 0.15) is 12.4 Å². The summed E-state index contributed by atoms with van der Waals surface area (Å²) in [4.78, 5) is 21.3. The molecule has 2 N–H and O–H groups in total. The van der Waals surface area contributed by atoms with Crippen molar-refractivity contribution in [2.45, 2.75) is 13.0 Å². The van der Waals surface area contributed by atoms with Crippen molar-refractivity contribution in [3.63, 3.8) is 0 Å². The lowest BCUT2D eigenvalue weighted by Crippen LogP contribution is -2.31. The van der Waals surface area contributed by atoms with E-state index in [0.29, 0.717) is 22.2 Å². The number of rotatable bonds is 3. The average molecular weight is 367 g/mol. The highest BCUT2D eigenvalue weighted by Crippen LogP contribution is 2.34. The molecular formula is C18H15ClN6O. The lowest BCUT2D eigenvalue weighted by molar-refractivity contribution is -0.113. The summed E-state index contributed by atoms with van der Waals surface area (Å²) in [6, 6.07) is 10.3. The van der Waals surface area contributed by atoms with Gasteiger partial charge in [-0.05, 0) is 48.9 Å². The first-order chi connectivity index (χ1) is 12.6. The fourth-order valence-corrected chi connectivity index (χ4v) is 3.10. The quantitative estimate of drug-likeness (QED) is 0.743. The maximum Gasteiger partial charge on any atom is 0.255 e. The van der Waals surface area contributed by atoms with Gasteiger partial charge in [-0.1, -0.05) is 11.6 Å². The number of aromatic nitrogens is 4. The molecule has 4 rings (SSSR count). The number of carbonyl (C=O) groups is 1. The predicted molar refractivity (Wildman–Crippen MR) is 98.8 cm³/mol. The van der Waals surface area contributed by atoms with E-state index in [1.54, 1.807) is 41.3 Å². The SMILES string of the molecule is CC1=C(C(=O)Nc2ccc(Cl)cc2)C(c2ccncc2)n2ncnc2N1. The van der Waals surface area contributed by atoms with E-state index in [1.807, 2.05) is 19.1 Å². The highest BCUT2D eigenvalue weighted by Gasteiger charge is 2.33. The summed E-state index contributed by atoms with van der Waals surface area (Å²) in [5.74, 6) is 0.368. The first kappa shape index (κ1) is 16.3. The second-order valence-corrected chi connectivity index (χ2v) is 6.27. The van der Waals surface area contributed by atoms with E-state index in [1.165, 1.54) is 6.33 Å². The van der Waals surface area contributed by atoms with Crippen LogP contribution >= 0.6 is 11.6 Å². The zero-order chi connectivity index (χ0) is 18.1. The van der Waals surface area contributed by atoms with Gasteiger partial charge >= 0.3 is 0 Å². The molecular weight excluding hydrogens is 352 g/mol. The summed E-state index contributed by atoms with van der Waals surface area (Å²) < 4.78 is 1.69. The molecule has 1 aliphatic heterocycles. The van der Waals surface area contributed by atoms with E-state index in [0.717, 1.165) is 11.3 Å². The van der Waals surface area contributed by atoms with Gasteiger partial charge in [-0.25, -0.2) is 4.68 Å². The van der Waals surface area contributed by atoms with Crippen LogP contribution in [0.4, 0.5) is 11.6 Å². The smallest absolute Gasteiger partial charge is 0.255 e. The van der Waals surface area contributed by atoms with Gasteiger partial charge in [-0.15, -0.1) is 0 Å². The van der Waals surface area contributed by atoms with Crippen molar-refractivity contribution in [3.8, 4) is 0 Å². The van der Waals surface area contributed by atoms with E-state index in [2.05, 4.69) is 25.7 Å². The van der Waals surface area contributed by atoms with Gasteiger partial charge in [0.15, 0.2) is 0 Å². The van der Waals surface area contributed by atoms with Crippen molar-refractivity contribution >= 4 is 29.1 Å². The van der Waals surface area contributed by atoms with Gasteiger partial charge in [0, 0.05) is 28.8 Å². The Bertz CT molecular complexity index is 980. The van der Waals surface area contributed by atoms with E-state index in [9.17, 15) is 4.79 Å². The number of nitrogens with one attached hydrogen (secondary N) is 2. The molecule has 2 aromatic heterocycles. The molecule has 0 spiro atoms. The number of allylic oxidation sites excluding steroid dienone is 1. The van der Waals surface area contributed by atoms with Crippen LogP contribution in [0, 0.1) is 0 Å². The van der Waals surface area contributed by atoms with Gasteiger partial charge < -0.3 is 10.6 Å². The lowest BCUT2D eigenvalue weighted by atomic mass is 9.96. The highest BCUT2D eigenvalue weighted by molar-refractivity contribution is 6.30. The molecule has 3 aromatic rings. The van der Waals surface area contributed by atoms with E-state index in [-0.39, 0.29) is 5.91 Å². The molecule has 26 heavy (non-hydrogen) atoms. The van der Waals surface area contributed by atoms with Crippen molar-refractivity contribution < 1.29 is 4.79 Å². The molecule has 1 aliphatic rings. The minimum Gasteiger partial charge on any atom is -0.328 e. The van der Waals surface area contributed by atoms with Crippen LogP contribution in [0.1, 0.15) is 18.5 Å². The first-order valence-electron chi connectivity index (χ1n) is 7.97. The van der Waals surface area contributed by atoms with Crippen LogP contribution < -0.4 is 10.6 Å². The van der Waals surface area contributed by atoms with Crippen LogP contribution in [0.3, 0.4) is 0 Å². The minimum atomic E-state index is -0.399. The van der Waals surface area contributed by atoms with Gasteiger partial charge in [-0.2, -0.15) is 10.1 Å². The topological polar surface area (TPSA) is 84.7 Å². The molecule has 1 aromatic carbocycles. The first-order valence-corrected chi connectivity index (χ1v) is 8.35. The fraction of sp³-hybridized carbons (Fsp3) is 0.111. The normalized spacial score (nSPS) is 16.0.